The minimum atomic E-state index is -0.139. The monoisotopic (exact) mass is 371 g/mol. The molecule has 6 heteroatoms. The topological polar surface area (TPSA) is 48.7 Å². The van der Waals surface area contributed by atoms with E-state index in [1.807, 2.05) is 11.0 Å². The van der Waals surface area contributed by atoms with Crippen LogP contribution >= 0.6 is 0 Å². The normalized spacial score (nSPS) is 18.3. The van der Waals surface area contributed by atoms with Crippen LogP contribution in [0.25, 0.3) is 0 Å². The number of benzene rings is 1. The number of nitrogens with zero attached hydrogens (tertiary/aromatic N) is 2. The van der Waals surface area contributed by atoms with Gasteiger partial charge in [0.05, 0.1) is 11.8 Å². The molecule has 0 aliphatic carbocycles. The predicted molar refractivity (Wildman–Crippen MR) is 102 cm³/mol. The van der Waals surface area contributed by atoms with Crippen molar-refractivity contribution in [1.82, 2.24) is 10.2 Å². The summed E-state index contributed by atoms with van der Waals surface area (Å²) in [6, 6.07) is 7.36. The van der Waals surface area contributed by atoms with Crippen LogP contribution in [-0.4, -0.2) is 43.0 Å². The molecule has 144 valence electrons. The van der Waals surface area contributed by atoms with Gasteiger partial charge in [-0.3, -0.25) is 4.79 Å². The quantitative estimate of drug-likeness (QED) is 0.875. The molecule has 0 unspecified atom stereocenters. The zero-order valence-corrected chi connectivity index (χ0v) is 15.5. The number of halogens is 1. The van der Waals surface area contributed by atoms with E-state index in [0.717, 1.165) is 37.2 Å². The molecule has 2 aliphatic heterocycles. The Bertz CT molecular complexity index is 764. The number of anilines is 1. The highest BCUT2D eigenvalue weighted by atomic mass is 19.1. The van der Waals surface area contributed by atoms with Crippen molar-refractivity contribution in [1.29, 1.82) is 0 Å². The van der Waals surface area contributed by atoms with Crippen molar-refractivity contribution in [2.75, 3.05) is 31.1 Å². The summed E-state index contributed by atoms with van der Waals surface area (Å²) in [4.78, 5) is 16.5. The summed E-state index contributed by atoms with van der Waals surface area (Å²) in [5, 5.41) is 3.51. The van der Waals surface area contributed by atoms with Gasteiger partial charge < -0.3 is 19.5 Å². The van der Waals surface area contributed by atoms with Crippen molar-refractivity contribution in [2.24, 2.45) is 0 Å². The Labute approximate surface area is 159 Å². The van der Waals surface area contributed by atoms with Gasteiger partial charge in [-0.15, -0.1) is 0 Å². The second-order valence-electron chi connectivity index (χ2n) is 7.39. The summed E-state index contributed by atoms with van der Waals surface area (Å²) in [6.45, 7) is 3.95. The van der Waals surface area contributed by atoms with Gasteiger partial charge in [0.15, 0.2) is 0 Å². The fraction of sp³-hybridized carbons (Fsp3) is 0.476. The van der Waals surface area contributed by atoms with E-state index >= 15 is 0 Å². The molecule has 27 heavy (non-hydrogen) atoms. The Morgan fingerprint density at radius 1 is 1.15 bits per heavy atom. The first-order valence-electron chi connectivity index (χ1n) is 9.79. The minimum Gasteiger partial charge on any atom is -0.472 e. The lowest BCUT2D eigenvalue weighted by atomic mass is 10.0. The van der Waals surface area contributed by atoms with Crippen LogP contribution in [-0.2, 0) is 6.54 Å². The van der Waals surface area contributed by atoms with Crippen LogP contribution in [0.1, 0.15) is 41.6 Å². The summed E-state index contributed by atoms with van der Waals surface area (Å²) < 4.78 is 19.5. The largest absolute Gasteiger partial charge is 0.472 e. The van der Waals surface area contributed by atoms with Gasteiger partial charge in [0, 0.05) is 50.0 Å². The average Bonchev–Trinajstić information content (AvgIpc) is 3.40. The van der Waals surface area contributed by atoms with E-state index in [1.54, 1.807) is 18.2 Å². The Balaban J connectivity index is 1.33. The summed E-state index contributed by atoms with van der Waals surface area (Å²) in [5.41, 5.74) is 2.38. The van der Waals surface area contributed by atoms with Crippen molar-refractivity contribution in [3.63, 3.8) is 0 Å². The van der Waals surface area contributed by atoms with Crippen LogP contribution in [0.3, 0.4) is 0 Å². The van der Waals surface area contributed by atoms with Crippen molar-refractivity contribution >= 4 is 11.6 Å². The lowest BCUT2D eigenvalue weighted by Crippen LogP contribution is -2.44. The molecular formula is C21H26FN3O2. The Morgan fingerprint density at radius 3 is 2.63 bits per heavy atom. The molecule has 0 spiro atoms. The summed E-state index contributed by atoms with van der Waals surface area (Å²) in [6.07, 6.45) is 7.10. The standard InChI is InChI=1S/C21H26FN3O2/c22-19-4-3-5-20(24-9-1-2-10-24)18(19)14-23-17-6-11-25(12-7-17)21(26)16-8-13-27-15-16/h3-5,8,13,15,17,23H,1-2,6-7,9-12,14H2. The molecule has 1 amide bonds. The van der Waals surface area contributed by atoms with Gasteiger partial charge in [0.1, 0.15) is 12.1 Å². The predicted octanol–water partition coefficient (Wildman–Crippen LogP) is 3.41. The Morgan fingerprint density at radius 2 is 1.93 bits per heavy atom. The molecule has 4 rings (SSSR count). The molecule has 5 nitrogen and oxygen atoms in total. The molecule has 2 aromatic rings. The van der Waals surface area contributed by atoms with E-state index in [4.69, 9.17) is 4.42 Å². The van der Waals surface area contributed by atoms with Gasteiger partial charge >= 0.3 is 0 Å². The molecule has 1 aromatic carbocycles. The average molecular weight is 371 g/mol. The maximum atomic E-state index is 14.5. The summed E-state index contributed by atoms with van der Waals surface area (Å²) >= 11 is 0. The van der Waals surface area contributed by atoms with Gasteiger partial charge in [-0.05, 0) is 43.9 Å². The Kier molecular flexibility index (Phi) is 5.43. The van der Waals surface area contributed by atoms with Gasteiger partial charge in [-0.2, -0.15) is 0 Å². The van der Waals surface area contributed by atoms with Crippen molar-refractivity contribution in [2.45, 2.75) is 38.3 Å². The van der Waals surface area contributed by atoms with E-state index in [1.165, 1.54) is 25.4 Å². The zero-order valence-electron chi connectivity index (χ0n) is 15.5. The zero-order chi connectivity index (χ0) is 18.6. The molecule has 1 aromatic heterocycles. The molecule has 0 saturated carbocycles. The summed E-state index contributed by atoms with van der Waals surface area (Å²) in [5.74, 6) is -0.118. The molecule has 3 heterocycles. The lowest BCUT2D eigenvalue weighted by molar-refractivity contribution is 0.0704. The van der Waals surface area contributed by atoms with Crippen LogP contribution in [0.4, 0.5) is 10.1 Å². The van der Waals surface area contributed by atoms with Crippen LogP contribution < -0.4 is 10.2 Å². The van der Waals surface area contributed by atoms with Crippen molar-refractivity contribution in [3.05, 3.63) is 53.7 Å². The highest BCUT2D eigenvalue weighted by molar-refractivity contribution is 5.93. The number of amides is 1. The van der Waals surface area contributed by atoms with Crippen LogP contribution in [0.5, 0.6) is 0 Å². The smallest absolute Gasteiger partial charge is 0.257 e. The van der Waals surface area contributed by atoms with E-state index in [9.17, 15) is 9.18 Å². The van der Waals surface area contributed by atoms with Crippen LogP contribution in [0, 0.1) is 5.82 Å². The number of carbonyl (C=O) groups is 1. The van der Waals surface area contributed by atoms with Gasteiger partial charge in [-0.1, -0.05) is 6.07 Å². The molecule has 0 bridgehead atoms. The lowest BCUT2D eigenvalue weighted by Gasteiger charge is -2.32. The third-order valence-corrected chi connectivity index (χ3v) is 5.66. The Hall–Kier alpha value is -2.34. The van der Waals surface area contributed by atoms with E-state index in [0.29, 0.717) is 31.2 Å². The fourth-order valence-corrected chi connectivity index (χ4v) is 4.08. The number of nitrogens with one attached hydrogen (secondary N) is 1. The SMILES string of the molecule is O=C(c1ccoc1)N1CCC(NCc2c(F)cccc2N2CCCC2)CC1. The number of likely N-dealkylation sites (tertiary alicyclic amines) is 1. The molecule has 2 aliphatic rings. The van der Waals surface area contributed by atoms with Crippen molar-refractivity contribution < 1.29 is 13.6 Å². The van der Waals surface area contributed by atoms with E-state index in [2.05, 4.69) is 10.2 Å². The number of hydrogen-bond acceptors (Lipinski definition) is 4. The molecule has 2 saturated heterocycles. The third kappa shape index (κ3) is 4.00. The molecular weight excluding hydrogens is 345 g/mol. The minimum absolute atomic E-state index is 0.0209. The maximum absolute atomic E-state index is 14.5. The maximum Gasteiger partial charge on any atom is 0.257 e. The third-order valence-electron chi connectivity index (χ3n) is 5.66. The number of rotatable bonds is 5. The first-order valence-corrected chi connectivity index (χ1v) is 9.79. The summed E-state index contributed by atoms with van der Waals surface area (Å²) in [7, 11) is 0. The van der Waals surface area contributed by atoms with E-state index in [-0.39, 0.29) is 11.7 Å². The molecule has 0 atom stereocenters. The number of hydrogen-bond donors (Lipinski definition) is 1. The van der Waals surface area contributed by atoms with Gasteiger partial charge in [-0.25, -0.2) is 4.39 Å². The second kappa shape index (κ2) is 8.13. The highest BCUT2D eigenvalue weighted by Crippen LogP contribution is 2.27. The van der Waals surface area contributed by atoms with Gasteiger partial charge in [0.2, 0.25) is 0 Å². The number of furan rings is 1. The molecule has 0 radical (unpaired) electrons. The van der Waals surface area contributed by atoms with Crippen LogP contribution in [0.2, 0.25) is 0 Å². The molecule has 2 fully saturated rings. The molecule has 1 N–H and O–H groups in total. The first-order chi connectivity index (χ1) is 13.2. The van der Waals surface area contributed by atoms with Gasteiger partial charge in [0.25, 0.3) is 5.91 Å². The number of carbonyl (C=O) groups excluding carboxylic acids is 1. The number of piperidine rings is 1. The first kappa shape index (κ1) is 18.0. The highest BCUT2D eigenvalue weighted by Gasteiger charge is 2.25. The van der Waals surface area contributed by atoms with Crippen molar-refractivity contribution in [3.8, 4) is 0 Å². The fourth-order valence-electron chi connectivity index (χ4n) is 4.08. The second-order valence-corrected chi connectivity index (χ2v) is 7.39. The van der Waals surface area contributed by atoms with Crippen LogP contribution in [0.15, 0.2) is 41.2 Å². The van der Waals surface area contributed by atoms with E-state index < -0.39 is 0 Å².